The van der Waals surface area contributed by atoms with Crippen LogP contribution in [0.1, 0.15) is 70.3 Å². The van der Waals surface area contributed by atoms with Crippen LogP contribution in [0.15, 0.2) is 48.5 Å². The minimum Gasteiger partial charge on any atom is -0.400 e. The molecular weight excluding hydrogens is 543 g/mol. The van der Waals surface area contributed by atoms with Crippen LogP contribution in [0, 0.1) is 21.4 Å². The van der Waals surface area contributed by atoms with Crippen molar-refractivity contribution in [2.75, 3.05) is 20.3 Å². The lowest BCUT2D eigenvalue weighted by Crippen LogP contribution is -2.36. The van der Waals surface area contributed by atoms with Gasteiger partial charge in [-0.2, -0.15) is 5.26 Å². The number of hydrogen-bond acceptors (Lipinski definition) is 8. The van der Waals surface area contributed by atoms with Crippen LogP contribution in [-0.2, 0) is 9.05 Å². The third kappa shape index (κ3) is 9.99. The first-order valence-corrected chi connectivity index (χ1v) is 14.6. The standard InChI is InChI=1S/C29H37N4O5P.CH4O/c1-21(2)32(22(3)4)39(37-18-6-17-30)38-28-19-23(5)31(20-28)29(34)26-13-9-24(10-14-26)7-8-25-11-15-27(16-12-25)33(35)36;1-2/h7-16,21-23,28H,6,18-20H2,1-5H3;2H,1H3/b8-7+;/t23-,28-,39?;/m1./s1/i5D;2T. The van der Waals surface area contributed by atoms with E-state index in [1.165, 1.54) is 19.2 Å². The number of benzene rings is 2. The number of non-ortho nitro benzene ring substituents is 1. The van der Waals surface area contributed by atoms with E-state index < -0.39 is 13.4 Å². The molecule has 0 saturated carbocycles. The highest BCUT2D eigenvalue weighted by atomic mass is 31.2. The average molecular weight is 588 g/mol. The number of amides is 1. The van der Waals surface area contributed by atoms with Crippen LogP contribution in [0.5, 0.6) is 0 Å². The fourth-order valence-electron chi connectivity index (χ4n) is 4.42. The normalized spacial score (nSPS) is 18.2. The number of hydrogen-bond donors (Lipinski definition) is 1. The summed E-state index contributed by atoms with van der Waals surface area (Å²) in [7, 11) is -0.142. The van der Waals surface area contributed by atoms with Gasteiger partial charge in [-0.05, 0) is 76.4 Å². The molecule has 0 aromatic heterocycles. The number of likely N-dealkylation sites (tertiary alicyclic amines) is 1. The molecule has 0 radical (unpaired) electrons. The second-order valence-corrected chi connectivity index (χ2v) is 11.3. The Bertz CT molecular complexity index is 1220. The van der Waals surface area contributed by atoms with E-state index in [-0.39, 0.29) is 55.8 Å². The van der Waals surface area contributed by atoms with Gasteiger partial charge < -0.3 is 19.1 Å². The van der Waals surface area contributed by atoms with Gasteiger partial charge in [0.2, 0.25) is 1.43 Å². The maximum Gasteiger partial charge on any atom is 0.269 e. The summed E-state index contributed by atoms with van der Waals surface area (Å²) in [5.41, 5.74) is 2.29. The van der Waals surface area contributed by atoms with Gasteiger partial charge in [-0.1, -0.05) is 24.3 Å². The van der Waals surface area contributed by atoms with E-state index in [9.17, 15) is 14.9 Å². The molecule has 11 heteroatoms. The molecule has 3 atom stereocenters. The monoisotopic (exact) mass is 587 g/mol. The highest BCUT2D eigenvalue weighted by molar-refractivity contribution is 7.44. The van der Waals surface area contributed by atoms with Crippen LogP contribution in [0.25, 0.3) is 12.2 Å². The molecule has 1 N–H and O–H groups in total. The van der Waals surface area contributed by atoms with Crippen LogP contribution < -0.4 is 0 Å². The fourth-order valence-corrected chi connectivity index (χ4v) is 6.14. The SMILES string of the molecule is [2H]C[C@@H]1C[C@@H](OP(OCCC#N)N(C(C)C)C(C)C)CN1C(=O)c1ccc(/C=C/c2ccc([N+](=O)[O-])cc2)cc1.[3H]OC. The van der Waals surface area contributed by atoms with Crippen LogP contribution in [0.2, 0.25) is 0 Å². The molecule has 1 aliphatic rings. The molecule has 0 bridgehead atoms. The topological polar surface area (TPSA) is 129 Å². The predicted octanol–water partition coefficient (Wildman–Crippen LogP) is 6.27. The Balaban J connectivity index is 0.00000206. The van der Waals surface area contributed by atoms with Crippen molar-refractivity contribution in [2.24, 2.45) is 0 Å². The lowest BCUT2D eigenvalue weighted by molar-refractivity contribution is -0.384. The van der Waals surface area contributed by atoms with Crippen LogP contribution >= 0.6 is 8.53 Å². The lowest BCUT2D eigenvalue weighted by Gasteiger charge is -2.36. The molecule has 0 aliphatic carbocycles. The Hall–Kier alpha value is -3.19. The third-order valence-electron chi connectivity index (χ3n) is 6.27. The third-order valence-corrected chi connectivity index (χ3v) is 8.45. The minimum absolute atomic E-state index is 0.0425. The second-order valence-electron chi connectivity index (χ2n) is 9.93. The Kier molecular flexibility index (Phi) is 12.7. The minimum atomic E-state index is -1.43. The van der Waals surface area contributed by atoms with Crippen LogP contribution in [0.3, 0.4) is 0 Å². The Labute approximate surface area is 247 Å². The molecule has 1 amide bonds. The Morgan fingerprint density at radius 3 is 2.29 bits per heavy atom. The number of nitriles is 1. The maximum atomic E-state index is 13.4. The molecule has 1 fully saturated rings. The molecule has 2 aromatic rings. The molecule has 2 aromatic carbocycles. The van der Waals surface area contributed by atoms with E-state index in [0.717, 1.165) is 11.1 Å². The molecule has 1 aliphatic heterocycles. The van der Waals surface area contributed by atoms with Crippen LogP contribution in [-0.4, -0.2) is 71.4 Å². The number of rotatable bonds is 12. The zero-order chi connectivity index (χ0) is 31.9. The van der Waals surface area contributed by atoms with Gasteiger partial charge in [0.1, 0.15) is 0 Å². The van der Waals surface area contributed by atoms with Gasteiger partial charge in [0.05, 0.1) is 30.1 Å². The van der Waals surface area contributed by atoms with Crippen molar-refractivity contribution in [3.05, 3.63) is 75.3 Å². The van der Waals surface area contributed by atoms with E-state index in [1.54, 1.807) is 29.2 Å². The molecule has 41 heavy (non-hydrogen) atoms. The van der Waals surface area contributed by atoms with Crippen molar-refractivity contribution >= 4 is 32.3 Å². The number of aliphatic hydroxyl groups is 1. The predicted molar refractivity (Wildman–Crippen MR) is 162 cm³/mol. The van der Waals surface area contributed by atoms with E-state index in [4.69, 9.17) is 17.1 Å². The van der Waals surface area contributed by atoms with Gasteiger partial charge in [0.15, 0.2) is 0 Å². The van der Waals surface area contributed by atoms with Gasteiger partial charge in [-0.25, -0.2) is 4.67 Å². The summed E-state index contributed by atoms with van der Waals surface area (Å²) >= 11 is 0. The average Bonchev–Trinajstić information content (AvgIpc) is 3.39. The number of nitro benzene ring substituents is 1. The van der Waals surface area contributed by atoms with Gasteiger partial charge in [0.25, 0.3) is 20.1 Å². The summed E-state index contributed by atoms with van der Waals surface area (Å²) in [6.07, 6.45) is 4.29. The smallest absolute Gasteiger partial charge is 0.269 e. The number of aliphatic hydroxyl groups excluding tert-OH is 1. The highest BCUT2D eigenvalue weighted by Crippen LogP contribution is 2.48. The van der Waals surface area contributed by atoms with Crippen molar-refractivity contribution in [3.63, 3.8) is 0 Å². The van der Waals surface area contributed by atoms with Gasteiger partial charge in [0, 0.05) is 50.8 Å². The molecule has 0 spiro atoms. The van der Waals surface area contributed by atoms with Gasteiger partial charge in [-0.3, -0.25) is 14.9 Å². The molecule has 10 nitrogen and oxygen atoms in total. The first-order chi connectivity index (χ1) is 20.6. The largest absolute Gasteiger partial charge is 0.400 e. The number of carbonyl (C=O) groups is 1. The van der Waals surface area contributed by atoms with E-state index in [2.05, 4.69) is 43.5 Å². The quantitative estimate of drug-likeness (QED) is 0.101. The van der Waals surface area contributed by atoms with Crippen molar-refractivity contribution in [1.29, 1.82) is 6.69 Å². The summed E-state index contributed by atoms with van der Waals surface area (Å²) in [6.45, 7) is 9.03. The van der Waals surface area contributed by atoms with Crippen molar-refractivity contribution < 1.29 is 25.2 Å². The molecule has 1 unspecified atom stereocenters. The lowest BCUT2D eigenvalue weighted by atomic mass is 10.1. The summed E-state index contributed by atoms with van der Waals surface area (Å²) in [5, 5.41) is 23.3. The highest BCUT2D eigenvalue weighted by Gasteiger charge is 2.37. The van der Waals surface area contributed by atoms with Crippen LogP contribution in [0.4, 0.5) is 5.69 Å². The molecule has 1 heterocycles. The Morgan fingerprint density at radius 1 is 1.24 bits per heavy atom. The van der Waals surface area contributed by atoms with E-state index in [0.29, 0.717) is 18.5 Å². The van der Waals surface area contributed by atoms with Crippen molar-refractivity contribution in [2.45, 2.75) is 71.7 Å². The number of nitro groups is 1. The van der Waals surface area contributed by atoms with Gasteiger partial charge in [-0.15, -0.1) is 0 Å². The van der Waals surface area contributed by atoms with Crippen molar-refractivity contribution in [1.82, 2.24) is 9.57 Å². The Morgan fingerprint density at radius 2 is 1.80 bits per heavy atom. The van der Waals surface area contributed by atoms with E-state index in [1.807, 2.05) is 24.3 Å². The van der Waals surface area contributed by atoms with Gasteiger partial charge >= 0.3 is 0 Å². The van der Waals surface area contributed by atoms with E-state index >= 15 is 0 Å². The zero-order valence-electron chi connectivity index (χ0n) is 26.3. The first kappa shape index (κ1) is 30.8. The summed E-state index contributed by atoms with van der Waals surface area (Å²) in [6, 6.07) is 15.7. The molecule has 1 saturated heterocycles. The zero-order valence-corrected chi connectivity index (χ0v) is 25.2. The number of nitrogens with zero attached hydrogens (tertiary/aromatic N) is 4. The molecule has 222 valence electrons. The first-order valence-electron chi connectivity index (χ1n) is 14.5. The fraction of sp³-hybridized carbons (Fsp3) is 0.467. The molecular formula is C30H41N4O6P. The summed E-state index contributed by atoms with van der Waals surface area (Å²) in [5.74, 6) is -0.145. The van der Waals surface area contributed by atoms with Crippen molar-refractivity contribution in [3.8, 4) is 6.07 Å². The summed E-state index contributed by atoms with van der Waals surface area (Å²) < 4.78 is 28.4. The molecule has 3 rings (SSSR count). The second kappa shape index (κ2) is 16.9. The number of carbonyl (C=O) groups excluding carboxylic acids is 1. The summed E-state index contributed by atoms with van der Waals surface area (Å²) in [4.78, 5) is 25.5. The maximum absolute atomic E-state index is 13.4.